The first-order valence-corrected chi connectivity index (χ1v) is 4.73. The lowest BCUT2D eigenvalue weighted by atomic mass is 10.1. The van der Waals surface area contributed by atoms with Crippen LogP contribution in [0.25, 0.3) is 0 Å². The highest BCUT2D eigenvalue weighted by atomic mass is 32.2. The Morgan fingerprint density at radius 2 is 2.20 bits per heavy atom. The SMILES string of the molecule is O=CNSCC1CCCC1. The number of hydrogen-bond donors (Lipinski definition) is 1. The molecular formula is C7H13NOS. The summed E-state index contributed by atoms with van der Waals surface area (Å²) in [7, 11) is 0. The smallest absolute Gasteiger partial charge is 0.216 e. The highest BCUT2D eigenvalue weighted by Gasteiger charge is 2.14. The molecule has 1 aliphatic carbocycles. The van der Waals surface area contributed by atoms with Gasteiger partial charge in [-0.2, -0.15) is 0 Å². The van der Waals surface area contributed by atoms with Gasteiger partial charge in [0, 0.05) is 5.75 Å². The molecule has 58 valence electrons. The molecule has 0 saturated heterocycles. The molecule has 0 aromatic rings. The minimum Gasteiger partial charge on any atom is -0.303 e. The zero-order valence-electron chi connectivity index (χ0n) is 6.01. The van der Waals surface area contributed by atoms with E-state index in [0.717, 1.165) is 18.1 Å². The second kappa shape index (κ2) is 4.61. The van der Waals surface area contributed by atoms with E-state index in [1.807, 2.05) is 0 Å². The van der Waals surface area contributed by atoms with E-state index in [1.54, 1.807) is 0 Å². The predicted molar refractivity (Wildman–Crippen MR) is 43.6 cm³/mol. The van der Waals surface area contributed by atoms with Gasteiger partial charge >= 0.3 is 0 Å². The van der Waals surface area contributed by atoms with Crippen molar-refractivity contribution in [3.05, 3.63) is 0 Å². The van der Waals surface area contributed by atoms with Crippen LogP contribution in [0.4, 0.5) is 0 Å². The monoisotopic (exact) mass is 159 g/mol. The summed E-state index contributed by atoms with van der Waals surface area (Å²) in [6, 6.07) is 0. The van der Waals surface area contributed by atoms with Gasteiger partial charge in [0.1, 0.15) is 0 Å². The quantitative estimate of drug-likeness (QED) is 0.383. The highest BCUT2D eigenvalue weighted by Crippen LogP contribution is 2.26. The maximum absolute atomic E-state index is 9.85. The molecule has 0 radical (unpaired) electrons. The lowest BCUT2D eigenvalue weighted by Crippen LogP contribution is -2.05. The number of nitrogens with one attached hydrogen (secondary N) is 1. The first-order valence-electron chi connectivity index (χ1n) is 3.74. The van der Waals surface area contributed by atoms with Crippen molar-refractivity contribution < 1.29 is 4.79 Å². The molecule has 2 nitrogen and oxygen atoms in total. The zero-order chi connectivity index (χ0) is 7.23. The van der Waals surface area contributed by atoms with E-state index in [4.69, 9.17) is 0 Å². The van der Waals surface area contributed by atoms with E-state index in [-0.39, 0.29) is 0 Å². The van der Waals surface area contributed by atoms with Gasteiger partial charge in [0.05, 0.1) is 0 Å². The molecule has 1 N–H and O–H groups in total. The minimum atomic E-state index is 0.750. The van der Waals surface area contributed by atoms with Gasteiger partial charge in [0.25, 0.3) is 0 Å². The van der Waals surface area contributed by atoms with Gasteiger partial charge in [-0.25, -0.2) is 0 Å². The molecule has 0 aromatic heterocycles. The largest absolute Gasteiger partial charge is 0.303 e. The summed E-state index contributed by atoms with van der Waals surface area (Å²) in [5.41, 5.74) is 0. The Bertz CT molecular complexity index is 102. The Morgan fingerprint density at radius 3 is 2.80 bits per heavy atom. The summed E-state index contributed by atoms with van der Waals surface area (Å²) in [5, 5.41) is 0. The van der Waals surface area contributed by atoms with Gasteiger partial charge in [0.15, 0.2) is 0 Å². The predicted octanol–water partition coefficient (Wildman–Crippen LogP) is 1.57. The van der Waals surface area contributed by atoms with E-state index in [0.29, 0.717) is 0 Å². The van der Waals surface area contributed by atoms with Crippen molar-refractivity contribution in [1.82, 2.24) is 4.72 Å². The average molecular weight is 159 g/mol. The Balaban J connectivity index is 1.96. The number of carbonyl (C=O) groups excluding carboxylic acids is 1. The van der Waals surface area contributed by atoms with Gasteiger partial charge in [0.2, 0.25) is 6.41 Å². The van der Waals surface area contributed by atoms with E-state index < -0.39 is 0 Å². The number of carbonyl (C=O) groups is 1. The van der Waals surface area contributed by atoms with Crippen molar-refractivity contribution in [3.8, 4) is 0 Å². The van der Waals surface area contributed by atoms with Crippen molar-refractivity contribution in [1.29, 1.82) is 0 Å². The van der Waals surface area contributed by atoms with Crippen LogP contribution in [0.15, 0.2) is 0 Å². The Hall–Kier alpha value is -0.180. The van der Waals surface area contributed by atoms with Crippen LogP contribution in [0, 0.1) is 5.92 Å². The fourth-order valence-electron chi connectivity index (χ4n) is 1.38. The molecular weight excluding hydrogens is 146 g/mol. The summed E-state index contributed by atoms with van der Waals surface area (Å²) in [6.45, 7) is 0. The fourth-order valence-corrected chi connectivity index (χ4v) is 2.11. The maximum Gasteiger partial charge on any atom is 0.216 e. The second-order valence-corrected chi connectivity index (χ2v) is 3.55. The van der Waals surface area contributed by atoms with Gasteiger partial charge < -0.3 is 4.72 Å². The number of hydrogen-bond acceptors (Lipinski definition) is 2. The van der Waals surface area contributed by atoms with E-state index in [2.05, 4.69) is 4.72 Å². The molecule has 0 heterocycles. The van der Waals surface area contributed by atoms with Crippen molar-refractivity contribution in [2.45, 2.75) is 25.7 Å². The molecule has 0 unspecified atom stereocenters. The number of amides is 1. The van der Waals surface area contributed by atoms with Crippen molar-refractivity contribution in [2.24, 2.45) is 5.92 Å². The van der Waals surface area contributed by atoms with E-state index >= 15 is 0 Å². The number of rotatable bonds is 4. The van der Waals surface area contributed by atoms with Crippen LogP contribution < -0.4 is 4.72 Å². The molecule has 1 rings (SSSR count). The summed E-state index contributed by atoms with van der Waals surface area (Å²) in [6.07, 6.45) is 6.22. The first kappa shape index (κ1) is 7.92. The van der Waals surface area contributed by atoms with E-state index in [1.165, 1.54) is 37.6 Å². The van der Waals surface area contributed by atoms with Crippen LogP contribution in [0.1, 0.15) is 25.7 Å². The van der Waals surface area contributed by atoms with E-state index in [9.17, 15) is 4.79 Å². The lowest BCUT2D eigenvalue weighted by Gasteiger charge is -2.05. The third kappa shape index (κ3) is 2.60. The molecule has 0 bridgehead atoms. The van der Waals surface area contributed by atoms with Gasteiger partial charge in [-0.05, 0) is 18.8 Å². The Labute approximate surface area is 65.9 Å². The molecule has 1 saturated carbocycles. The third-order valence-electron chi connectivity index (χ3n) is 1.93. The molecule has 1 amide bonds. The summed E-state index contributed by atoms with van der Waals surface area (Å²) >= 11 is 1.53. The van der Waals surface area contributed by atoms with Crippen molar-refractivity contribution >= 4 is 18.4 Å². The summed E-state index contributed by atoms with van der Waals surface area (Å²) in [4.78, 5) is 9.85. The van der Waals surface area contributed by atoms with Crippen LogP contribution in [-0.2, 0) is 4.79 Å². The first-order chi connectivity index (χ1) is 4.93. The van der Waals surface area contributed by atoms with Crippen LogP contribution in [0.5, 0.6) is 0 Å². The summed E-state index contributed by atoms with van der Waals surface area (Å²) in [5.74, 6) is 1.95. The molecule has 0 atom stereocenters. The van der Waals surface area contributed by atoms with Crippen molar-refractivity contribution in [2.75, 3.05) is 5.75 Å². The Kier molecular flexibility index (Phi) is 3.65. The highest BCUT2D eigenvalue weighted by molar-refractivity contribution is 7.97. The topological polar surface area (TPSA) is 29.1 Å². The van der Waals surface area contributed by atoms with Gasteiger partial charge in [-0.3, -0.25) is 4.79 Å². The molecule has 1 fully saturated rings. The lowest BCUT2D eigenvalue weighted by molar-refractivity contribution is -0.107. The molecule has 0 spiro atoms. The molecule has 0 aliphatic heterocycles. The normalized spacial score (nSPS) is 19.2. The third-order valence-corrected chi connectivity index (χ3v) is 2.83. The van der Waals surface area contributed by atoms with Crippen LogP contribution in [0.3, 0.4) is 0 Å². The molecule has 3 heteroatoms. The summed E-state index contributed by atoms with van der Waals surface area (Å²) < 4.78 is 2.61. The van der Waals surface area contributed by atoms with Gasteiger partial charge in [-0.15, -0.1) is 0 Å². The van der Waals surface area contributed by atoms with Crippen LogP contribution >= 0.6 is 11.9 Å². The van der Waals surface area contributed by atoms with Gasteiger partial charge in [-0.1, -0.05) is 24.8 Å². The van der Waals surface area contributed by atoms with Crippen LogP contribution in [-0.4, -0.2) is 12.2 Å². The molecule has 1 aliphatic rings. The maximum atomic E-state index is 9.85. The van der Waals surface area contributed by atoms with Crippen molar-refractivity contribution in [3.63, 3.8) is 0 Å². The van der Waals surface area contributed by atoms with Crippen LogP contribution in [0.2, 0.25) is 0 Å². The Morgan fingerprint density at radius 1 is 1.50 bits per heavy atom. The molecule has 0 aromatic carbocycles. The standard InChI is InChI=1S/C7H13NOS/c9-6-8-10-5-7-3-1-2-4-7/h6-7H,1-5H2,(H,8,9). The fraction of sp³-hybridized carbons (Fsp3) is 0.857. The minimum absolute atomic E-state index is 0.750. The second-order valence-electron chi connectivity index (χ2n) is 2.70. The zero-order valence-corrected chi connectivity index (χ0v) is 6.82. The molecule has 10 heavy (non-hydrogen) atoms. The average Bonchev–Trinajstić information content (AvgIpc) is 2.41.